The average Bonchev–Trinajstić information content (AvgIpc) is 2.88. The first-order valence-corrected chi connectivity index (χ1v) is 8.72. The van der Waals surface area contributed by atoms with E-state index in [9.17, 15) is 4.79 Å². The van der Waals surface area contributed by atoms with Crippen molar-refractivity contribution in [1.82, 2.24) is 10.2 Å². The van der Waals surface area contributed by atoms with E-state index in [-0.39, 0.29) is 0 Å². The van der Waals surface area contributed by atoms with E-state index in [1.54, 1.807) is 36.2 Å². The topological polar surface area (TPSA) is 41.6 Å². The molecule has 1 aliphatic heterocycles. The first-order chi connectivity index (χ1) is 11.9. The summed E-state index contributed by atoms with van der Waals surface area (Å²) in [5.41, 5.74) is 0.458. The van der Waals surface area contributed by atoms with Crippen LogP contribution in [0.3, 0.4) is 0 Å². The highest BCUT2D eigenvalue weighted by atomic mass is 35.5. The Labute approximate surface area is 161 Å². The largest absolute Gasteiger partial charge is 0.467 e. The lowest BCUT2D eigenvalue weighted by molar-refractivity contribution is -0.153. The Morgan fingerprint density at radius 3 is 2.16 bits per heavy atom. The summed E-state index contributed by atoms with van der Waals surface area (Å²) in [5, 5.41) is 4.90. The molecular formula is C18H16Cl2N2O2S. The molecule has 4 nitrogen and oxygen atoms in total. The van der Waals surface area contributed by atoms with Crippen LogP contribution >= 0.6 is 35.4 Å². The fourth-order valence-electron chi connectivity index (χ4n) is 3.25. The number of thiocarbonyl (C=S) groups is 1. The van der Waals surface area contributed by atoms with Gasteiger partial charge < -0.3 is 15.0 Å². The molecule has 0 amide bonds. The molecule has 7 heteroatoms. The number of nitrogens with one attached hydrogen (secondary N) is 1. The van der Waals surface area contributed by atoms with Crippen LogP contribution in [0.4, 0.5) is 0 Å². The molecule has 0 saturated carbocycles. The summed E-state index contributed by atoms with van der Waals surface area (Å²) < 4.78 is 5.18. The number of carbonyl (C=O) groups is 1. The molecule has 0 aromatic heterocycles. The fraction of sp³-hybridized carbons (Fsp3) is 0.222. The Kier molecular flexibility index (Phi) is 4.91. The van der Waals surface area contributed by atoms with E-state index < -0.39 is 17.6 Å². The third-order valence-electron chi connectivity index (χ3n) is 4.50. The average molecular weight is 395 g/mol. The molecule has 3 rings (SSSR count). The van der Waals surface area contributed by atoms with Gasteiger partial charge in [-0.1, -0.05) is 47.5 Å². The van der Waals surface area contributed by atoms with Gasteiger partial charge >= 0.3 is 5.97 Å². The van der Waals surface area contributed by atoms with E-state index in [2.05, 4.69) is 5.32 Å². The summed E-state index contributed by atoms with van der Waals surface area (Å²) in [6, 6.07) is 14.0. The number of hydrogen-bond acceptors (Lipinski definition) is 3. The van der Waals surface area contributed by atoms with E-state index in [1.165, 1.54) is 7.11 Å². The lowest BCUT2D eigenvalue weighted by Gasteiger charge is -2.37. The molecule has 0 radical (unpaired) electrons. The maximum atomic E-state index is 13.0. The Morgan fingerprint density at radius 2 is 1.64 bits per heavy atom. The lowest BCUT2D eigenvalue weighted by atomic mass is 9.79. The number of likely N-dealkylation sites (N-methyl/N-ethyl adjacent to an activating group) is 1. The van der Waals surface area contributed by atoms with Crippen molar-refractivity contribution in [2.75, 3.05) is 14.2 Å². The minimum atomic E-state index is -1.15. The van der Waals surface area contributed by atoms with Crippen LogP contribution in [-0.2, 0) is 15.1 Å². The molecule has 0 spiro atoms. The highest BCUT2D eigenvalue weighted by molar-refractivity contribution is 7.80. The van der Waals surface area contributed by atoms with Gasteiger partial charge in [0.2, 0.25) is 0 Å². The minimum Gasteiger partial charge on any atom is -0.467 e. The van der Waals surface area contributed by atoms with Gasteiger partial charge in [0.15, 0.2) is 10.7 Å². The van der Waals surface area contributed by atoms with Crippen molar-refractivity contribution in [3.05, 3.63) is 69.7 Å². The molecular weight excluding hydrogens is 379 g/mol. The molecule has 1 fully saturated rings. The maximum absolute atomic E-state index is 13.0. The number of ether oxygens (including phenoxy) is 1. The smallest absolute Gasteiger partial charge is 0.339 e. The zero-order valence-electron chi connectivity index (χ0n) is 13.6. The monoisotopic (exact) mass is 394 g/mol. The van der Waals surface area contributed by atoms with E-state index in [4.69, 9.17) is 40.2 Å². The minimum absolute atomic E-state index is 0.412. The molecule has 2 aromatic rings. The first kappa shape index (κ1) is 18.0. The molecule has 0 aliphatic carbocycles. The number of nitrogens with zero attached hydrogens (tertiary/aromatic N) is 1. The SMILES string of the molecule is COC(=O)[C@@]1(c2ccc(Cl)cc2)[C@@H](c2ccc(Cl)cc2)NC(=S)N1C. The molecule has 1 saturated heterocycles. The van der Waals surface area contributed by atoms with Gasteiger partial charge in [0.05, 0.1) is 13.2 Å². The van der Waals surface area contributed by atoms with E-state index in [1.807, 2.05) is 24.3 Å². The predicted octanol–water partition coefficient (Wildman–Crippen LogP) is 3.92. The number of halogens is 2. The molecule has 25 heavy (non-hydrogen) atoms. The van der Waals surface area contributed by atoms with Gasteiger partial charge in [0.1, 0.15) is 0 Å². The number of hydrogen-bond donors (Lipinski definition) is 1. The predicted molar refractivity (Wildman–Crippen MR) is 103 cm³/mol. The van der Waals surface area contributed by atoms with Gasteiger partial charge in [-0.2, -0.15) is 0 Å². The Balaban J connectivity index is 2.24. The molecule has 2 atom stereocenters. The summed E-state index contributed by atoms with van der Waals surface area (Å²) in [7, 11) is 3.14. The molecule has 1 N–H and O–H groups in total. The zero-order valence-corrected chi connectivity index (χ0v) is 16.0. The normalized spacial score (nSPS) is 22.6. The second-order valence-corrected chi connectivity index (χ2v) is 7.02. The first-order valence-electron chi connectivity index (χ1n) is 7.55. The van der Waals surface area contributed by atoms with Crippen LogP contribution in [-0.4, -0.2) is 30.1 Å². The van der Waals surface area contributed by atoms with Crippen molar-refractivity contribution in [2.45, 2.75) is 11.6 Å². The van der Waals surface area contributed by atoms with Gasteiger partial charge in [0.25, 0.3) is 0 Å². The van der Waals surface area contributed by atoms with Gasteiger partial charge in [-0.25, -0.2) is 4.79 Å². The van der Waals surface area contributed by atoms with Gasteiger partial charge in [-0.05, 0) is 47.6 Å². The van der Waals surface area contributed by atoms with Crippen LogP contribution in [0.15, 0.2) is 48.5 Å². The number of benzene rings is 2. The lowest BCUT2D eigenvalue weighted by Crippen LogP contribution is -2.50. The van der Waals surface area contributed by atoms with Crippen LogP contribution < -0.4 is 5.32 Å². The highest BCUT2D eigenvalue weighted by Crippen LogP contribution is 2.45. The second kappa shape index (κ2) is 6.83. The number of carbonyl (C=O) groups excluding carboxylic acids is 1. The van der Waals surface area contributed by atoms with Crippen LogP contribution in [0.2, 0.25) is 10.0 Å². The van der Waals surface area contributed by atoms with Gasteiger partial charge in [-0.3, -0.25) is 0 Å². The second-order valence-electron chi connectivity index (χ2n) is 5.76. The third kappa shape index (κ3) is 2.86. The number of methoxy groups -OCH3 is 1. The van der Waals surface area contributed by atoms with Crippen molar-refractivity contribution in [2.24, 2.45) is 0 Å². The Morgan fingerprint density at radius 1 is 1.12 bits per heavy atom. The third-order valence-corrected chi connectivity index (χ3v) is 5.40. The fourth-order valence-corrected chi connectivity index (χ4v) is 3.76. The maximum Gasteiger partial charge on any atom is 0.339 e. The summed E-state index contributed by atoms with van der Waals surface area (Å²) in [6.07, 6.45) is 0. The molecule has 0 bridgehead atoms. The summed E-state index contributed by atoms with van der Waals surface area (Å²) >= 11 is 17.5. The summed E-state index contributed by atoms with van der Waals surface area (Å²) in [6.45, 7) is 0. The molecule has 1 aliphatic rings. The summed E-state index contributed by atoms with van der Waals surface area (Å²) in [4.78, 5) is 14.7. The van der Waals surface area contributed by atoms with Crippen LogP contribution in [0.1, 0.15) is 17.2 Å². The van der Waals surface area contributed by atoms with Crippen molar-refractivity contribution in [3.8, 4) is 0 Å². The number of esters is 1. The van der Waals surface area contributed by atoms with E-state index in [0.29, 0.717) is 15.2 Å². The van der Waals surface area contributed by atoms with Crippen molar-refractivity contribution < 1.29 is 9.53 Å². The van der Waals surface area contributed by atoms with Crippen molar-refractivity contribution >= 4 is 46.5 Å². The van der Waals surface area contributed by atoms with Gasteiger partial charge in [-0.15, -0.1) is 0 Å². The molecule has 130 valence electrons. The molecule has 0 unspecified atom stereocenters. The molecule has 1 heterocycles. The highest BCUT2D eigenvalue weighted by Gasteiger charge is 2.58. The van der Waals surface area contributed by atoms with E-state index in [0.717, 1.165) is 11.1 Å². The Bertz CT molecular complexity index is 811. The quantitative estimate of drug-likeness (QED) is 0.630. The standard InChI is InChI=1S/C18H16Cl2N2O2S/c1-22-17(25)21-15(11-3-7-13(19)8-4-11)18(22,16(23)24-2)12-5-9-14(20)10-6-12/h3-10,15H,1-2H3,(H,21,25)/t15-,18-/m1/s1. The molecule has 2 aromatic carbocycles. The van der Waals surface area contributed by atoms with Crippen LogP contribution in [0.5, 0.6) is 0 Å². The summed E-state index contributed by atoms with van der Waals surface area (Å²) in [5.74, 6) is -0.412. The Hall–Kier alpha value is -1.82. The number of rotatable bonds is 3. The van der Waals surface area contributed by atoms with Crippen molar-refractivity contribution in [3.63, 3.8) is 0 Å². The van der Waals surface area contributed by atoms with E-state index >= 15 is 0 Å². The van der Waals surface area contributed by atoms with Crippen LogP contribution in [0, 0.1) is 0 Å². The van der Waals surface area contributed by atoms with Crippen LogP contribution in [0.25, 0.3) is 0 Å². The van der Waals surface area contributed by atoms with Gasteiger partial charge in [0, 0.05) is 17.1 Å². The van der Waals surface area contributed by atoms with Crippen molar-refractivity contribution in [1.29, 1.82) is 0 Å². The zero-order chi connectivity index (χ0) is 18.2.